The molecule has 0 N–H and O–H groups in total. The number of rotatable bonds is 4. The number of hydrogen-bond acceptors (Lipinski definition) is 8. The normalized spacial score (nSPS) is 21.9. The van der Waals surface area contributed by atoms with Crippen LogP contribution in [-0.2, 0) is 9.84 Å². The second-order valence-corrected chi connectivity index (χ2v) is 11.1. The maximum atomic E-state index is 11.8. The Morgan fingerprint density at radius 2 is 1.87 bits per heavy atom. The fraction of sp³-hybridized carbons (Fsp3) is 0.429. The van der Waals surface area contributed by atoms with Crippen LogP contribution in [-0.4, -0.2) is 74.1 Å². The second kappa shape index (κ2) is 7.79. The van der Waals surface area contributed by atoms with Gasteiger partial charge in [0.25, 0.3) is 0 Å². The highest BCUT2D eigenvalue weighted by molar-refractivity contribution is 7.91. The smallest absolute Gasteiger partial charge is 0.151 e. The molecule has 3 aromatic rings. The third-order valence-corrected chi connectivity index (χ3v) is 8.93. The lowest BCUT2D eigenvalue weighted by Crippen LogP contribution is -2.51. The number of fused-ring (bicyclic) bond motifs is 1. The molecule has 4 heterocycles. The highest BCUT2D eigenvalue weighted by Crippen LogP contribution is 2.37. The number of nitrogens with zero attached hydrogens (tertiary/aromatic N) is 4. The lowest BCUT2D eigenvalue weighted by atomic mass is 10.2. The summed E-state index contributed by atoms with van der Waals surface area (Å²) in [6, 6.07) is 10.3. The molecule has 0 radical (unpaired) electrons. The first-order chi connectivity index (χ1) is 14.5. The summed E-state index contributed by atoms with van der Waals surface area (Å²) < 4.78 is 30.0. The molecule has 0 amide bonds. The Balaban J connectivity index is 1.35. The van der Waals surface area contributed by atoms with Crippen LogP contribution in [0.5, 0.6) is 5.75 Å². The van der Waals surface area contributed by atoms with Crippen molar-refractivity contribution in [3.05, 3.63) is 36.7 Å². The van der Waals surface area contributed by atoms with Gasteiger partial charge < -0.3 is 9.64 Å². The number of hydrogen-bond donors (Lipinski definition) is 0. The Hall–Kier alpha value is -2.23. The first-order valence-electron chi connectivity index (χ1n) is 10.1. The number of anilines is 1. The first-order valence-corrected chi connectivity index (χ1v) is 12.7. The Morgan fingerprint density at radius 1 is 1.10 bits per heavy atom. The Morgan fingerprint density at radius 3 is 2.53 bits per heavy atom. The summed E-state index contributed by atoms with van der Waals surface area (Å²) in [5, 5.41) is 0. The maximum absolute atomic E-state index is 11.8. The molecular weight excluding hydrogens is 420 g/mol. The summed E-state index contributed by atoms with van der Waals surface area (Å²) in [5.74, 6) is 2.45. The largest absolute Gasteiger partial charge is 0.497 e. The van der Waals surface area contributed by atoms with Gasteiger partial charge in [-0.05, 0) is 42.3 Å². The van der Waals surface area contributed by atoms with Crippen LogP contribution in [0.3, 0.4) is 0 Å². The third-order valence-electron chi connectivity index (χ3n) is 6.01. The molecule has 2 aromatic heterocycles. The molecule has 5 rings (SSSR count). The van der Waals surface area contributed by atoms with E-state index in [1.54, 1.807) is 24.8 Å². The highest BCUT2D eigenvalue weighted by Gasteiger charge is 2.34. The van der Waals surface area contributed by atoms with Gasteiger partial charge in [-0.25, -0.2) is 18.4 Å². The Bertz CT molecular complexity index is 1150. The van der Waals surface area contributed by atoms with Gasteiger partial charge in [-0.1, -0.05) is 0 Å². The zero-order chi connectivity index (χ0) is 20.7. The fourth-order valence-electron chi connectivity index (χ4n) is 4.33. The topological polar surface area (TPSA) is 75.6 Å². The summed E-state index contributed by atoms with van der Waals surface area (Å²) in [6.07, 6.45) is 2.40. The summed E-state index contributed by atoms with van der Waals surface area (Å²) in [4.78, 5) is 14.9. The summed E-state index contributed by atoms with van der Waals surface area (Å²) in [6.45, 7) is 3.42. The van der Waals surface area contributed by atoms with Crippen molar-refractivity contribution < 1.29 is 13.2 Å². The average Bonchev–Trinajstić information content (AvgIpc) is 3.37. The van der Waals surface area contributed by atoms with E-state index in [1.807, 2.05) is 12.1 Å². The molecule has 2 aliphatic rings. The van der Waals surface area contributed by atoms with Crippen LogP contribution in [0.2, 0.25) is 0 Å². The van der Waals surface area contributed by atoms with Gasteiger partial charge in [0, 0.05) is 37.1 Å². The molecule has 0 bridgehead atoms. The number of sulfone groups is 1. The van der Waals surface area contributed by atoms with Gasteiger partial charge in [0.15, 0.2) is 9.84 Å². The monoisotopic (exact) mass is 444 g/mol. The van der Waals surface area contributed by atoms with E-state index in [2.05, 4.69) is 38.0 Å². The van der Waals surface area contributed by atoms with Crippen molar-refractivity contribution in [3.8, 4) is 16.2 Å². The molecule has 0 spiro atoms. The quantitative estimate of drug-likeness (QED) is 0.612. The maximum Gasteiger partial charge on any atom is 0.151 e. The van der Waals surface area contributed by atoms with Crippen LogP contribution in [0, 0.1) is 0 Å². The number of thiophene rings is 1. The minimum atomic E-state index is -2.85. The zero-order valence-electron chi connectivity index (χ0n) is 16.8. The molecule has 158 valence electrons. The van der Waals surface area contributed by atoms with Crippen LogP contribution in [0.25, 0.3) is 20.7 Å². The van der Waals surface area contributed by atoms with Gasteiger partial charge in [0.2, 0.25) is 0 Å². The number of piperazine rings is 1. The van der Waals surface area contributed by atoms with E-state index in [-0.39, 0.29) is 6.04 Å². The Kier molecular flexibility index (Phi) is 5.12. The number of ether oxygens (including phenoxy) is 1. The fourth-order valence-corrected chi connectivity index (χ4v) is 7.22. The standard InChI is InChI=1S/C21H24N4O3S2/c1-28-17-4-2-15(3-5-17)19-12-18-20(29-19)21(23-14-22-18)25-9-7-24(8-10-25)16-6-11-30(26,27)13-16/h2-5,12,14,16H,6-11,13H2,1H3/t16-/m0/s1. The highest BCUT2D eigenvalue weighted by atomic mass is 32.2. The molecule has 1 atom stereocenters. The lowest BCUT2D eigenvalue weighted by Gasteiger charge is -2.38. The molecule has 2 aliphatic heterocycles. The van der Waals surface area contributed by atoms with Crippen LogP contribution < -0.4 is 9.64 Å². The number of aromatic nitrogens is 2. The van der Waals surface area contributed by atoms with E-state index in [0.717, 1.165) is 64.8 Å². The lowest BCUT2D eigenvalue weighted by molar-refractivity contribution is 0.200. The minimum absolute atomic E-state index is 0.172. The van der Waals surface area contributed by atoms with Crippen LogP contribution in [0.4, 0.5) is 5.82 Å². The van der Waals surface area contributed by atoms with Crippen LogP contribution in [0.1, 0.15) is 6.42 Å². The van der Waals surface area contributed by atoms with Crippen molar-refractivity contribution in [1.29, 1.82) is 0 Å². The van der Waals surface area contributed by atoms with Gasteiger partial charge >= 0.3 is 0 Å². The third kappa shape index (κ3) is 3.77. The molecule has 30 heavy (non-hydrogen) atoms. The average molecular weight is 445 g/mol. The second-order valence-electron chi connectivity index (χ2n) is 7.83. The van der Waals surface area contributed by atoms with E-state index in [4.69, 9.17) is 4.74 Å². The predicted octanol–water partition coefficient (Wildman–Crippen LogP) is 2.68. The van der Waals surface area contributed by atoms with Gasteiger partial charge in [0.1, 0.15) is 17.9 Å². The van der Waals surface area contributed by atoms with Gasteiger partial charge in [0.05, 0.1) is 28.8 Å². The summed E-state index contributed by atoms with van der Waals surface area (Å²) in [7, 11) is -1.18. The van der Waals surface area contributed by atoms with Crippen LogP contribution >= 0.6 is 11.3 Å². The zero-order valence-corrected chi connectivity index (χ0v) is 18.5. The summed E-state index contributed by atoms with van der Waals surface area (Å²) >= 11 is 1.71. The molecular formula is C21H24N4O3S2. The van der Waals surface area contributed by atoms with E-state index >= 15 is 0 Å². The van der Waals surface area contributed by atoms with E-state index in [1.165, 1.54) is 0 Å². The van der Waals surface area contributed by atoms with E-state index in [9.17, 15) is 8.42 Å². The van der Waals surface area contributed by atoms with E-state index in [0.29, 0.717) is 11.5 Å². The summed E-state index contributed by atoms with van der Waals surface area (Å²) in [5.41, 5.74) is 2.09. The van der Waals surface area contributed by atoms with Gasteiger partial charge in [-0.3, -0.25) is 4.90 Å². The van der Waals surface area contributed by atoms with Crippen molar-refractivity contribution in [1.82, 2.24) is 14.9 Å². The minimum Gasteiger partial charge on any atom is -0.497 e. The molecule has 0 unspecified atom stereocenters. The molecule has 2 fully saturated rings. The Labute approximate surface area is 180 Å². The first kappa shape index (κ1) is 19.7. The van der Waals surface area contributed by atoms with Crippen molar-refractivity contribution in [3.63, 3.8) is 0 Å². The molecule has 1 aromatic carbocycles. The van der Waals surface area contributed by atoms with Crippen molar-refractivity contribution in [2.75, 3.05) is 49.7 Å². The molecule has 7 nitrogen and oxygen atoms in total. The number of benzene rings is 1. The van der Waals surface area contributed by atoms with Crippen molar-refractivity contribution in [2.24, 2.45) is 0 Å². The SMILES string of the molecule is COc1ccc(-c2cc3ncnc(N4CCN([C@H]5CCS(=O)(=O)C5)CC4)c3s2)cc1. The molecule has 2 saturated heterocycles. The van der Waals surface area contributed by atoms with Crippen molar-refractivity contribution in [2.45, 2.75) is 12.5 Å². The van der Waals surface area contributed by atoms with Gasteiger partial charge in [-0.15, -0.1) is 11.3 Å². The molecule has 9 heteroatoms. The van der Waals surface area contributed by atoms with Gasteiger partial charge in [-0.2, -0.15) is 0 Å². The van der Waals surface area contributed by atoms with Crippen LogP contribution in [0.15, 0.2) is 36.7 Å². The van der Waals surface area contributed by atoms with Crippen molar-refractivity contribution >= 4 is 37.2 Å². The molecule has 0 aliphatic carbocycles. The van der Waals surface area contributed by atoms with E-state index < -0.39 is 9.84 Å². The predicted molar refractivity (Wildman–Crippen MR) is 120 cm³/mol. The molecule has 0 saturated carbocycles. The number of methoxy groups -OCH3 is 1.